The fourth-order valence-electron chi connectivity index (χ4n) is 4.22. The molecule has 0 saturated heterocycles. The molecule has 0 spiro atoms. The van der Waals surface area contributed by atoms with Crippen LogP contribution >= 0.6 is 23.1 Å². The second-order valence-electron chi connectivity index (χ2n) is 8.36. The summed E-state index contributed by atoms with van der Waals surface area (Å²) in [5.41, 5.74) is 1.83. The van der Waals surface area contributed by atoms with E-state index in [0.717, 1.165) is 28.2 Å². The number of hydrogen-bond acceptors (Lipinski definition) is 7. The van der Waals surface area contributed by atoms with Crippen molar-refractivity contribution < 1.29 is 14.4 Å². The van der Waals surface area contributed by atoms with Gasteiger partial charge >= 0.3 is 0 Å². The van der Waals surface area contributed by atoms with Gasteiger partial charge in [0.1, 0.15) is 26.1 Å². The van der Waals surface area contributed by atoms with Crippen LogP contribution < -0.4 is 19.7 Å². The number of anilines is 1. The molecule has 0 N–H and O–H groups in total. The van der Waals surface area contributed by atoms with Crippen molar-refractivity contribution in [3.05, 3.63) is 115 Å². The number of aromatic nitrogens is 1. The van der Waals surface area contributed by atoms with Crippen LogP contribution in [0.2, 0.25) is 0 Å². The molecule has 0 fully saturated rings. The van der Waals surface area contributed by atoms with Crippen LogP contribution in [-0.2, 0) is 6.54 Å². The highest BCUT2D eigenvalue weighted by atomic mass is 32.2. The minimum atomic E-state index is -0.430. The van der Waals surface area contributed by atoms with Crippen LogP contribution in [-0.4, -0.2) is 29.5 Å². The zero-order valence-corrected chi connectivity index (χ0v) is 21.8. The minimum Gasteiger partial charge on any atom is -0.337 e. The molecule has 6 nitrogen and oxygen atoms in total. The Hall–Kier alpha value is -4.01. The zero-order valence-electron chi connectivity index (χ0n) is 20.1. The summed E-state index contributed by atoms with van der Waals surface area (Å²) in [5.74, 6) is -0.860. The molecule has 5 rings (SSSR count). The SMILES string of the molecule is CCn1c(=C(C(=O)c2ccccc2)C(=O)c2ccccc2)s/c(=C2\Sc3ccc(C=O)cc3N2C)c1=O. The van der Waals surface area contributed by atoms with Gasteiger partial charge in [0, 0.05) is 35.2 Å². The van der Waals surface area contributed by atoms with E-state index in [4.69, 9.17) is 0 Å². The molecule has 0 aliphatic carbocycles. The first kappa shape index (κ1) is 24.7. The molecule has 0 bridgehead atoms. The molecular formula is C29H22N2O4S2. The number of Topliss-reactive ketones (excluding diaryl/α,β-unsaturated/α-hetero) is 2. The van der Waals surface area contributed by atoms with Crippen molar-refractivity contribution in [2.75, 3.05) is 11.9 Å². The monoisotopic (exact) mass is 526 g/mol. The highest BCUT2D eigenvalue weighted by molar-refractivity contribution is 8.08. The van der Waals surface area contributed by atoms with Gasteiger partial charge in [-0.25, -0.2) is 0 Å². The van der Waals surface area contributed by atoms with Crippen LogP contribution in [0.3, 0.4) is 0 Å². The lowest BCUT2D eigenvalue weighted by Gasteiger charge is -2.12. The molecule has 1 aliphatic rings. The van der Waals surface area contributed by atoms with Gasteiger partial charge in [-0.1, -0.05) is 78.5 Å². The lowest BCUT2D eigenvalue weighted by Crippen LogP contribution is -2.35. The summed E-state index contributed by atoms with van der Waals surface area (Å²) in [7, 11) is 1.84. The molecule has 2 heterocycles. The van der Waals surface area contributed by atoms with E-state index in [2.05, 4.69) is 0 Å². The summed E-state index contributed by atoms with van der Waals surface area (Å²) in [6.07, 6.45) is 0.787. The van der Waals surface area contributed by atoms with Crippen LogP contribution in [0.4, 0.5) is 5.69 Å². The largest absolute Gasteiger partial charge is 0.337 e. The van der Waals surface area contributed by atoms with Crippen LogP contribution in [0.1, 0.15) is 38.0 Å². The van der Waals surface area contributed by atoms with Crippen molar-refractivity contribution in [2.45, 2.75) is 18.4 Å². The number of thioether (sulfide) groups is 1. The lowest BCUT2D eigenvalue weighted by atomic mass is 9.96. The first-order chi connectivity index (χ1) is 17.9. The first-order valence-electron chi connectivity index (χ1n) is 11.6. The maximum absolute atomic E-state index is 13.8. The normalized spacial score (nSPS) is 13.8. The number of rotatable bonds is 6. The van der Waals surface area contributed by atoms with Crippen molar-refractivity contribution >= 4 is 57.2 Å². The topological polar surface area (TPSA) is 76.5 Å². The Kier molecular flexibility index (Phi) is 6.78. The van der Waals surface area contributed by atoms with E-state index < -0.39 is 11.6 Å². The van der Waals surface area contributed by atoms with Gasteiger partial charge in [-0.15, -0.1) is 11.3 Å². The van der Waals surface area contributed by atoms with E-state index in [1.807, 2.05) is 24.9 Å². The first-order valence-corrected chi connectivity index (χ1v) is 13.3. The quantitative estimate of drug-likeness (QED) is 0.215. The number of aldehydes is 1. The van der Waals surface area contributed by atoms with Crippen molar-refractivity contribution in [1.29, 1.82) is 0 Å². The molecule has 1 aromatic heterocycles. The Morgan fingerprint density at radius 1 is 0.892 bits per heavy atom. The van der Waals surface area contributed by atoms with Crippen LogP contribution in [0, 0.1) is 0 Å². The van der Waals surface area contributed by atoms with Gasteiger partial charge in [0.25, 0.3) is 5.56 Å². The number of ketones is 2. The Balaban J connectivity index is 1.81. The third-order valence-corrected chi connectivity index (χ3v) is 8.68. The second kappa shape index (κ2) is 10.2. The Morgan fingerprint density at radius 2 is 1.49 bits per heavy atom. The third kappa shape index (κ3) is 4.39. The number of carbonyl (C=O) groups excluding carboxylic acids is 3. The number of benzene rings is 3. The van der Waals surface area contributed by atoms with E-state index in [9.17, 15) is 19.2 Å². The third-order valence-electron chi connectivity index (χ3n) is 6.13. The summed E-state index contributed by atoms with van der Waals surface area (Å²) in [4.78, 5) is 55.3. The highest BCUT2D eigenvalue weighted by Crippen LogP contribution is 2.45. The molecule has 1 aliphatic heterocycles. The predicted octanol–water partition coefficient (Wildman–Crippen LogP) is 3.97. The summed E-state index contributed by atoms with van der Waals surface area (Å²) in [6.45, 7) is 2.11. The fraction of sp³-hybridized carbons (Fsp3) is 0.103. The van der Waals surface area contributed by atoms with Crippen molar-refractivity contribution in [2.24, 2.45) is 0 Å². The van der Waals surface area contributed by atoms with Crippen LogP contribution in [0.25, 0.3) is 10.6 Å². The summed E-state index contributed by atoms with van der Waals surface area (Å²) >= 11 is 2.58. The fourth-order valence-corrected chi connectivity index (χ4v) is 6.76. The summed E-state index contributed by atoms with van der Waals surface area (Å²) in [5, 5.41) is 0.695. The molecule has 0 amide bonds. The molecule has 184 valence electrons. The number of thiazole rings is 1. The molecule has 0 unspecified atom stereocenters. The molecule has 8 heteroatoms. The van der Waals surface area contributed by atoms with E-state index in [0.29, 0.717) is 37.5 Å². The average Bonchev–Trinajstić information content (AvgIpc) is 3.44. The van der Waals surface area contributed by atoms with Gasteiger partial charge in [-0.3, -0.25) is 23.7 Å². The van der Waals surface area contributed by atoms with Gasteiger partial charge in [0.2, 0.25) is 0 Å². The minimum absolute atomic E-state index is 0.0281. The van der Waals surface area contributed by atoms with Crippen LogP contribution in [0.5, 0.6) is 0 Å². The Bertz CT molecular complexity index is 1670. The molecule has 4 aromatic rings. The summed E-state index contributed by atoms with van der Waals surface area (Å²) < 4.78 is 2.27. The Morgan fingerprint density at radius 3 is 2.03 bits per heavy atom. The van der Waals surface area contributed by atoms with E-state index in [1.54, 1.807) is 72.8 Å². The molecule has 0 saturated carbocycles. The van der Waals surface area contributed by atoms with Gasteiger partial charge in [0.15, 0.2) is 11.6 Å². The van der Waals surface area contributed by atoms with Crippen LogP contribution in [0.15, 0.2) is 88.6 Å². The van der Waals surface area contributed by atoms with Gasteiger partial charge in [-0.05, 0) is 19.1 Å². The maximum atomic E-state index is 13.8. The standard InChI is InChI=1S/C29H22N2O4S2/c1-3-31-27(35)26(29-30(2)21-16-18(17-32)14-15-22(21)36-29)37-28(31)23(24(33)19-10-6-4-7-11-19)25(34)20-12-8-5-9-13-20/h4-17H,3H2,1-2H3/b29-26-. The number of fused-ring (bicyclic) bond motifs is 1. The smallest absolute Gasteiger partial charge is 0.271 e. The number of hydrogen-bond donors (Lipinski definition) is 0. The molecule has 0 radical (unpaired) electrons. The maximum Gasteiger partial charge on any atom is 0.271 e. The second-order valence-corrected chi connectivity index (χ2v) is 10.4. The van der Waals surface area contributed by atoms with Crippen molar-refractivity contribution in [1.82, 2.24) is 4.57 Å². The molecule has 37 heavy (non-hydrogen) atoms. The number of nitrogens with zero attached hydrogens (tertiary/aromatic N) is 2. The van der Waals surface area contributed by atoms with E-state index >= 15 is 0 Å². The highest BCUT2D eigenvalue weighted by Gasteiger charge is 2.28. The molecular weight excluding hydrogens is 504 g/mol. The van der Waals surface area contributed by atoms with Crippen molar-refractivity contribution in [3.63, 3.8) is 0 Å². The Labute approximate surface area is 221 Å². The zero-order chi connectivity index (χ0) is 26.1. The van der Waals surface area contributed by atoms with Gasteiger partial charge in [0.05, 0.1) is 5.69 Å². The van der Waals surface area contributed by atoms with Gasteiger partial charge in [-0.2, -0.15) is 0 Å². The molecule has 3 aromatic carbocycles. The average molecular weight is 527 g/mol. The predicted molar refractivity (Wildman–Crippen MR) is 148 cm³/mol. The lowest BCUT2D eigenvalue weighted by molar-refractivity contribution is 0.0995. The van der Waals surface area contributed by atoms with Crippen molar-refractivity contribution in [3.8, 4) is 0 Å². The summed E-state index contributed by atoms with van der Waals surface area (Å²) in [6, 6.07) is 22.6. The van der Waals surface area contributed by atoms with E-state index in [1.165, 1.54) is 16.3 Å². The van der Waals surface area contributed by atoms with Gasteiger partial charge < -0.3 is 4.90 Å². The van der Waals surface area contributed by atoms with E-state index in [-0.39, 0.29) is 11.1 Å². The number of carbonyl (C=O) groups is 3. The molecule has 0 atom stereocenters.